The number of nitrogens with zero attached hydrogens (tertiary/aromatic N) is 3. The summed E-state index contributed by atoms with van der Waals surface area (Å²) in [6.45, 7) is 2.06. The lowest BCUT2D eigenvalue weighted by molar-refractivity contribution is 0.306. The lowest BCUT2D eigenvalue weighted by Gasteiger charge is -2.06. The molecule has 0 saturated heterocycles. The number of anilines is 1. The van der Waals surface area contributed by atoms with Gasteiger partial charge < -0.3 is 4.74 Å². The minimum Gasteiger partial charge on any atom is -0.489 e. The summed E-state index contributed by atoms with van der Waals surface area (Å²) in [5.74, 6) is 0.715. The molecule has 0 spiro atoms. The fraction of sp³-hybridized carbons (Fsp3) is 0.111. The van der Waals surface area contributed by atoms with Crippen molar-refractivity contribution < 1.29 is 9.13 Å². The largest absolute Gasteiger partial charge is 0.489 e. The molecule has 1 heterocycles. The van der Waals surface area contributed by atoms with Crippen LogP contribution in [0.2, 0.25) is 0 Å². The molecule has 0 aliphatic rings. The molecule has 0 unspecified atom stereocenters. The van der Waals surface area contributed by atoms with Crippen molar-refractivity contribution in [2.75, 3.05) is 5.43 Å². The van der Waals surface area contributed by atoms with Crippen molar-refractivity contribution in [2.45, 2.75) is 13.5 Å². The second kappa shape index (κ2) is 8.02. The number of rotatable bonds is 6. The Kier molecular flexibility index (Phi) is 5.33. The number of aromatic nitrogens is 3. The van der Waals surface area contributed by atoms with Crippen LogP contribution in [0.25, 0.3) is 0 Å². The summed E-state index contributed by atoms with van der Waals surface area (Å²) in [6, 6.07) is 13.5. The molecule has 0 atom stereocenters. The third-order valence-corrected chi connectivity index (χ3v) is 3.46. The molecule has 7 nitrogen and oxygen atoms in total. The number of nitrogens with one attached hydrogen (secondary N) is 2. The first-order valence-electron chi connectivity index (χ1n) is 7.80. The topological polar surface area (TPSA) is 92.3 Å². The number of hydrazone groups is 1. The Bertz CT molecular complexity index is 953. The maximum atomic E-state index is 12.9. The van der Waals surface area contributed by atoms with Gasteiger partial charge >= 0.3 is 5.69 Å². The van der Waals surface area contributed by atoms with Gasteiger partial charge in [0.15, 0.2) is 5.82 Å². The Balaban J connectivity index is 1.56. The van der Waals surface area contributed by atoms with Crippen LogP contribution in [0.15, 0.2) is 58.4 Å². The van der Waals surface area contributed by atoms with Gasteiger partial charge in [0.2, 0.25) is 0 Å². The number of halogens is 1. The number of H-pyrrole nitrogens is 1. The molecule has 0 fully saturated rings. The van der Waals surface area contributed by atoms with Crippen LogP contribution in [0.1, 0.15) is 16.8 Å². The maximum absolute atomic E-state index is 12.9. The molecule has 0 saturated carbocycles. The highest BCUT2D eigenvalue weighted by molar-refractivity contribution is 5.80. The molecule has 0 amide bonds. The minimum absolute atomic E-state index is 0.271. The lowest BCUT2D eigenvalue weighted by atomic mass is 10.2. The number of hydrogen-bond acceptors (Lipinski definition) is 6. The summed E-state index contributed by atoms with van der Waals surface area (Å²) >= 11 is 0. The van der Waals surface area contributed by atoms with E-state index in [1.54, 1.807) is 25.3 Å². The van der Waals surface area contributed by atoms with Gasteiger partial charge in [0.05, 0.1) is 6.21 Å². The van der Waals surface area contributed by atoms with E-state index in [0.29, 0.717) is 23.9 Å². The van der Waals surface area contributed by atoms with Crippen LogP contribution in [0.4, 0.5) is 10.2 Å². The molecule has 2 aromatic carbocycles. The van der Waals surface area contributed by atoms with Gasteiger partial charge in [-0.05, 0) is 54.4 Å². The first-order valence-corrected chi connectivity index (χ1v) is 7.80. The third kappa shape index (κ3) is 4.73. The average Bonchev–Trinajstić information content (AvgIpc) is 2.65. The van der Waals surface area contributed by atoms with Crippen LogP contribution in [0, 0.1) is 12.7 Å². The SMILES string of the molecule is Cc1n[nH]c(=O)nc1NN=Cc1ccc(OCc2ccc(F)cc2)cc1. The summed E-state index contributed by atoms with van der Waals surface area (Å²) in [5, 5.41) is 10.1. The third-order valence-electron chi connectivity index (χ3n) is 3.46. The quantitative estimate of drug-likeness (QED) is 0.525. The molecule has 1 aromatic heterocycles. The van der Waals surface area contributed by atoms with Gasteiger partial charge in [-0.3, -0.25) is 5.43 Å². The first-order chi connectivity index (χ1) is 12.6. The number of benzene rings is 2. The van der Waals surface area contributed by atoms with Gasteiger partial charge in [0.25, 0.3) is 0 Å². The van der Waals surface area contributed by atoms with E-state index in [9.17, 15) is 9.18 Å². The van der Waals surface area contributed by atoms with Gasteiger partial charge in [0.1, 0.15) is 23.9 Å². The summed E-state index contributed by atoms with van der Waals surface area (Å²) in [6.07, 6.45) is 1.59. The highest BCUT2D eigenvalue weighted by Crippen LogP contribution is 2.14. The first kappa shape index (κ1) is 17.3. The van der Waals surface area contributed by atoms with Crippen molar-refractivity contribution in [1.82, 2.24) is 15.2 Å². The van der Waals surface area contributed by atoms with Crippen LogP contribution in [-0.4, -0.2) is 21.4 Å². The summed E-state index contributed by atoms with van der Waals surface area (Å²) in [4.78, 5) is 14.9. The highest BCUT2D eigenvalue weighted by atomic mass is 19.1. The van der Waals surface area contributed by atoms with Crippen molar-refractivity contribution in [3.63, 3.8) is 0 Å². The monoisotopic (exact) mass is 353 g/mol. The fourth-order valence-corrected chi connectivity index (χ4v) is 2.06. The van der Waals surface area contributed by atoms with E-state index in [0.717, 1.165) is 11.1 Å². The zero-order valence-corrected chi connectivity index (χ0v) is 13.9. The number of ether oxygens (including phenoxy) is 1. The zero-order valence-electron chi connectivity index (χ0n) is 13.9. The van der Waals surface area contributed by atoms with E-state index in [1.807, 2.05) is 24.3 Å². The summed E-state index contributed by atoms with van der Waals surface area (Å²) in [7, 11) is 0. The highest BCUT2D eigenvalue weighted by Gasteiger charge is 2.00. The molecule has 0 radical (unpaired) electrons. The van der Waals surface area contributed by atoms with Gasteiger partial charge in [-0.25, -0.2) is 14.3 Å². The van der Waals surface area contributed by atoms with Crippen molar-refractivity contribution >= 4 is 12.0 Å². The standard InChI is InChI=1S/C18H16FN5O2/c1-12-17(21-18(25)24-22-12)23-20-10-13-4-8-16(9-5-13)26-11-14-2-6-15(19)7-3-14/h2-10H,11H2,1H3,(H2,21,23,24,25). The second-order valence-electron chi connectivity index (χ2n) is 5.43. The Morgan fingerprint density at radius 2 is 1.92 bits per heavy atom. The number of hydrogen-bond donors (Lipinski definition) is 2. The zero-order chi connectivity index (χ0) is 18.4. The molecular weight excluding hydrogens is 337 g/mol. The minimum atomic E-state index is -0.545. The predicted octanol–water partition coefficient (Wildman–Crippen LogP) is 2.64. The van der Waals surface area contributed by atoms with Gasteiger partial charge in [-0.2, -0.15) is 15.2 Å². The number of aromatic amines is 1. The van der Waals surface area contributed by atoms with Gasteiger partial charge in [-0.15, -0.1) is 0 Å². The molecule has 132 valence electrons. The average molecular weight is 353 g/mol. The Morgan fingerprint density at radius 3 is 2.65 bits per heavy atom. The Labute approximate surface area is 148 Å². The van der Waals surface area contributed by atoms with Crippen LogP contribution in [0.5, 0.6) is 5.75 Å². The molecule has 0 aliphatic carbocycles. The van der Waals surface area contributed by atoms with Crippen molar-refractivity contribution in [1.29, 1.82) is 0 Å². The molecule has 26 heavy (non-hydrogen) atoms. The van der Waals surface area contributed by atoms with E-state index in [2.05, 4.69) is 25.7 Å². The predicted molar refractivity (Wildman–Crippen MR) is 95.8 cm³/mol. The Hall–Kier alpha value is -3.55. The molecule has 3 aromatic rings. The molecule has 8 heteroatoms. The van der Waals surface area contributed by atoms with E-state index < -0.39 is 5.69 Å². The van der Waals surface area contributed by atoms with E-state index >= 15 is 0 Å². The smallest absolute Gasteiger partial charge is 0.363 e. The maximum Gasteiger partial charge on any atom is 0.363 e. The van der Waals surface area contributed by atoms with E-state index in [1.165, 1.54) is 12.1 Å². The van der Waals surface area contributed by atoms with Gasteiger partial charge in [-0.1, -0.05) is 12.1 Å². The van der Waals surface area contributed by atoms with Crippen LogP contribution >= 0.6 is 0 Å². The van der Waals surface area contributed by atoms with Crippen LogP contribution in [0.3, 0.4) is 0 Å². The molecule has 2 N–H and O–H groups in total. The Morgan fingerprint density at radius 1 is 1.19 bits per heavy atom. The second-order valence-corrected chi connectivity index (χ2v) is 5.43. The van der Waals surface area contributed by atoms with Crippen molar-refractivity contribution in [3.05, 3.63) is 81.7 Å². The summed E-state index contributed by atoms with van der Waals surface area (Å²) in [5.41, 5.74) is 4.39. The van der Waals surface area contributed by atoms with Gasteiger partial charge in [0, 0.05) is 0 Å². The lowest BCUT2D eigenvalue weighted by Crippen LogP contribution is -2.15. The molecular formula is C18H16FN5O2. The van der Waals surface area contributed by atoms with Crippen LogP contribution < -0.4 is 15.9 Å². The van der Waals surface area contributed by atoms with Crippen LogP contribution in [-0.2, 0) is 6.61 Å². The van der Waals surface area contributed by atoms with E-state index in [-0.39, 0.29) is 5.82 Å². The normalized spacial score (nSPS) is 10.8. The molecule has 0 aliphatic heterocycles. The van der Waals surface area contributed by atoms with Crippen molar-refractivity contribution in [3.8, 4) is 5.75 Å². The van der Waals surface area contributed by atoms with Crippen molar-refractivity contribution in [2.24, 2.45) is 5.10 Å². The molecule has 0 bridgehead atoms. The van der Waals surface area contributed by atoms with E-state index in [4.69, 9.17) is 4.74 Å². The fourth-order valence-electron chi connectivity index (χ4n) is 2.06. The molecule has 3 rings (SSSR count). The number of aryl methyl sites for hydroxylation is 1. The summed E-state index contributed by atoms with van der Waals surface area (Å²) < 4.78 is 18.5.